The molecule has 2 aromatic rings. The van der Waals surface area contributed by atoms with Gasteiger partial charge in [-0.3, -0.25) is 4.79 Å². The number of aliphatic hydroxyl groups excluding tert-OH is 1. The predicted molar refractivity (Wildman–Crippen MR) is 142 cm³/mol. The number of benzene rings is 1. The summed E-state index contributed by atoms with van der Waals surface area (Å²) in [6.45, 7) is 7.59. The Bertz CT molecular complexity index is 1070. The molecule has 1 aromatic carbocycles. The van der Waals surface area contributed by atoms with Gasteiger partial charge in [0.1, 0.15) is 12.1 Å². The predicted octanol–water partition coefficient (Wildman–Crippen LogP) is 2.74. The number of carbonyl (C=O) groups is 1. The fraction of sp³-hybridized carbons (Fsp3) is 0.593. The average molecular weight is 513 g/mol. The first-order chi connectivity index (χ1) is 17.3. The minimum atomic E-state index is -0.516. The summed E-state index contributed by atoms with van der Waals surface area (Å²) in [5.41, 5.74) is 2.85. The van der Waals surface area contributed by atoms with Crippen molar-refractivity contribution in [1.29, 1.82) is 0 Å². The summed E-state index contributed by atoms with van der Waals surface area (Å²) in [5, 5.41) is 11.0. The van der Waals surface area contributed by atoms with Crippen LogP contribution in [0.5, 0.6) is 0 Å². The van der Waals surface area contributed by atoms with E-state index >= 15 is 0 Å². The second-order valence-corrected chi connectivity index (χ2v) is 11.2. The standard InChI is InChI=1S/C27H37ClN6O2/c1-18-14-23(35)25-24(18)26(30-17-29-25)33-10-12-34(13-11-33)27(36)22(19-4-6-20(28)7-5-19)16-32-9-8-21(15-32)31(2)3/h4-7,17-18,21-23,35H,8-16H2,1-3H3/t18-,21+,22?,23-/m1/s1. The Morgan fingerprint density at radius 1 is 1.14 bits per heavy atom. The summed E-state index contributed by atoms with van der Waals surface area (Å²) < 4.78 is 0. The number of piperazine rings is 1. The lowest BCUT2D eigenvalue weighted by Gasteiger charge is -2.38. The number of rotatable bonds is 6. The van der Waals surface area contributed by atoms with Gasteiger partial charge in [0.15, 0.2) is 0 Å². The van der Waals surface area contributed by atoms with E-state index in [0.717, 1.165) is 61.8 Å². The van der Waals surface area contributed by atoms with Crippen molar-refractivity contribution >= 4 is 23.3 Å². The van der Waals surface area contributed by atoms with E-state index in [1.54, 1.807) is 6.33 Å². The number of nitrogens with zero attached hydrogens (tertiary/aromatic N) is 6. The minimum absolute atomic E-state index is 0.182. The number of likely N-dealkylation sites (N-methyl/N-ethyl adjacent to an activating group) is 1. The molecular formula is C27H37ClN6O2. The van der Waals surface area contributed by atoms with E-state index in [4.69, 9.17) is 11.6 Å². The highest BCUT2D eigenvalue weighted by atomic mass is 35.5. The van der Waals surface area contributed by atoms with Crippen molar-refractivity contribution in [3.05, 3.63) is 52.4 Å². The van der Waals surface area contributed by atoms with Gasteiger partial charge >= 0.3 is 0 Å². The highest BCUT2D eigenvalue weighted by Crippen LogP contribution is 2.42. The van der Waals surface area contributed by atoms with Crippen molar-refractivity contribution in [1.82, 2.24) is 24.7 Å². The summed E-state index contributed by atoms with van der Waals surface area (Å²) in [6.07, 6.45) is 2.86. The number of aromatic nitrogens is 2. The molecule has 1 N–H and O–H groups in total. The van der Waals surface area contributed by atoms with Crippen LogP contribution in [0.15, 0.2) is 30.6 Å². The Kier molecular flexibility index (Phi) is 7.49. The maximum Gasteiger partial charge on any atom is 0.231 e. The molecule has 3 heterocycles. The lowest BCUT2D eigenvalue weighted by atomic mass is 9.96. The van der Waals surface area contributed by atoms with Gasteiger partial charge in [-0.1, -0.05) is 30.7 Å². The number of aliphatic hydroxyl groups is 1. The monoisotopic (exact) mass is 512 g/mol. The molecule has 1 amide bonds. The fourth-order valence-corrected chi connectivity index (χ4v) is 6.12. The van der Waals surface area contributed by atoms with Crippen molar-refractivity contribution in [2.24, 2.45) is 0 Å². The third kappa shape index (κ3) is 5.09. The highest BCUT2D eigenvalue weighted by molar-refractivity contribution is 6.30. The lowest BCUT2D eigenvalue weighted by molar-refractivity contribution is -0.133. The van der Waals surface area contributed by atoms with Crippen LogP contribution >= 0.6 is 11.6 Å². The second-order valence-electron chi connectivity index (χ2n) is 10.7. The fourth-order valence-electron chi connectivity index (χ4n) is 5.99. The number of anilines is 1. The molecule has 2 saturated heterocycles. The zero-order valence-electron chi connectivity index (χ0n) is 21.5. The molecule has 0 bridgehead atoms. The van der Waals surface area contributed by atoms with E-state index in [0.29, 0.717) is 30.6 Å². The van der Waals surface area contributed by atoms with Crippen molar-refractivity contribution in [2.75, 3.05) is 64.8 Å². The molecule has 1 unspecified atom stereocenters. The summed E-state index contributed by atoms with van der Waals surface area (Å²) in [5.74, 6) is 1.11. The summed E-state index contributed by atoms with van der Waals surface area (Å²) in [6, 6.07) is 8.29. The molecule has 36 heavy (non-hydrogen) atoms. The molecule has 4 atom stereocenters. The van der Waals surface area contributed by atoms with E-state index in [9.17, 15) is 9.90 Å². The van der Waals surface area contributed by atoms with Gasteiger partial charge in [-0.15, -0.1) is 0 Å². The van der Waals surface area contributed by atoms with Crippen molar-refractivity contribution in [3.63, 3.8) is 0 Å². The van der Waals surface area contributed by atoms with Crippen LogP contribution in [0.2, 0.25) is 5.02 Å². The Labute approximate surface area is 218 Å². The van der Waals surface area contributed by atoms with E-state index in [2.05, 4.69) is 45.7 Å². The molecule has 2 aliphatic heterocycles. The number of carbonyl (C=O) groups excluding carboxylic acids is 1. The molecule has 1 aliphatic carbocycles. The molecule has 0 spiro atoms. The lowest BCUT2D eigenvalue weighted by Crippen LogP contribution is -2.51. The molecule has 5 rings (SSSR count). The van der Waals surface area contributed by atoms with Gasteiger partial charge in [-0.05, 0) is 57.1 Å². The molecule has 9 heteroatoms. The van der Waals surface area contributed by atoms with Gasteiger partial charge in [0.25, 0.3) is 0 Å². The second kappa shape index (κ2) is 10.6. The van der Waals surface area contributed by atoms with Crippen molar-refractivity contribution < 1.29 is 9.90 Å². The Hall–Kier alpha value is -2.26. The van der Waals surface area contributed by atoms with Crippen molar-refractivity contribution in [3.8, 4) is 0 Å². The van der Waals surface area contributed by atoms with Gasteiger partial charge in [0, 0.05) is 55.9 Å². The summed E-state index contributed by atoms with van der Waals surface area (Å²) >= 11 is 6.16. The summed E-state index contributed by atoms with van der Waals surface area (Å²) in [4.78, 5) is 31.8. The summed E-state index contributed by atoms with van der Waals surface area (Å²) in [7, 11) is 4.26. The number of halogens is 1. The highest BCUT2D eigenvalue weighted by Gasteiger charge is 2.36. The topological polar surface area (TPSA) is 76.0 Å². The van der Waals surface area contributed by atoms with Crippen molar-refractivity contribution in [2.45, 2.75) is 43.7 Å². The third-order valence-corrected chi connectivity index (χ3v) is 8.41. The molecule has 3 aliphatic rings. The van der Waals surface area contributed by atoms with E-state index < -0.39 is 6.10 Å². The van der Waals surface area contributed by atoms with Crippen LogP contribution in [0.25, 0.3) is 0 Å². The zero-order valence-corrected chi connectivity index (χ0v) is 22.2. The largest absolute Gasteiger partial charge is 0.387 e. The molecule has 8 nitrogen and oxygen atoms in total. The molecule has 1 aromatic heterocycles. The van der Waals surface area contributed by atoms with Gasteiger partial charge in [-0.2, -0.15) is 0 Å². The maximum atomic E-state index is 13.9. The number of likely N-dealkylation sites (tertiary alicyclic amines) is 1. The van der Waals surface area contributed by atoms with Gasteiger partial charge in [0.05, 0.1) is 17.7 Å². The van der Waals surface area contributed by atoms with Crippen LogP contribution in [0.1, 0.15) is 54.5 Å². The van der Waals surface area contributed by atoms with E-state index in [-0.39, 0.29) is 17.7 Å². The SMILES string of the molecule is C[C@@H]1C[C@@H](O)c2ncnc(N3CCN(C(=O)C(CN4CC[C@H](N(C)C)C4)c4ccc(Cl)cc4)CC3)c21. The molecule has 194 valence electrons. The Morgan fingerprint density at radius 2 is 1.86 bits per heavy atom. The van der Waals surface area contributed by atoms with Crippen LogP contribution in [0.4, 0.5) is 5.82 Å². The van der Waals surface area contributed by atoms with Gasteiger partial charge in [-0.25, -0.2) is 9.97 Å². The first-order valence-corrected chi connectivity index (χ1v) is 13.4. The molecule has 0 radical (unpaired) electrons. The number of hydrogen-bond donors (Lipinski definition) is 1. The van der Waals surface area contributed by atoms with Crippen LogP contribution < -0.4 is 4.90 Å². The molecule has 2 fully saturated rings. The smallest absolute Gasteiger partial charge is 0.231 e. The van der Waals surface area contributed by atoms with E-state index in [1.165, 1.54) is 0 Å². The maximum absolute atomic E-state index is 13.9. The third-order valence-electron chi connectivity index (χ3n) is 8.16. The first kappa shape index (κ1) is 25.4. The van der Waals surface area contributed by atoms with Crippen LogP contribution in [0, 0.1) is 0 Å². The Balaban J connectivity index is 1.29. The normalized spacial score (nSPS) is 25.4. The number of hydrogen-bond acceptors (Lipinski definition) is 7. The van der Waals surface area contributed by atoms with Crippen LogP contribution in [-0.4, -0.2) is 102 Å². The van der Waals surface area contributed by atoms with Crippen LogP contribution in [-0.2, 0) is 4.79 Å². The van der Waals surface area contributed by atoms with Crippen LogP contribution in [0.3, 0.4) is 0 Å². The Morgan fingerprint density at radius 3 is 2.53 bits per heavy atom. The molecule has 0 saturated carbocycles. The molecular weight excluding hydrogens is 476 g/mol. The first-order valence-electron chi connectivity index (χ1n) is 13.0. The zero-order chi connectivity index (χ0) is 25.4. The number of amides is 1. The van der Waals surface area contributed by atoms with E-state index in [1.807, 2.05) is 29.2 Å². The minimum Gasteiger partial charge on any atom is -0.387 e. The number of fused-ring (bicyclic) bond motifs is 1. The quantitative estimate of drug-likeness (QED) is 0.637. The van der Waals surface area contributed by atoms with Gasteiger partial charge < -0.3 is 24.7 Å². The van der Waals surface area contributed by atoms with Gasteiger partial charge in [0.2, 0.25) is 5.91 Å². The average Bonchev–Trinajstić information content (AvgIpc) is 3.47.